The molecule has 0 saturated heterocycles. The molecule has 3 N–H and O–H groups in total. The minimum Gasteiger partial charge on any atom is -0.352 e. The fourth-order valence-electron chi connectivity index (χ4n) is 2.19. The normalized spacial score (nSPS) is 12.7. The number of thiophene rings is 1. The summed E-state index contributed by atoms with van der Waals surface area (Å²) in [5, 5.41) is 7.21. The zero-order valence-corrected chi connectivity index (χ0v) is 13.1. The van der Waals surface area contributed by atoms with Gasteiger partial charge in [0.2, 0.25) is 5.91 Å². The van der Waals surface area contributed by atoms with Crippen LogP contribution in [0.25, 0.3) is 0 Å². The summed E-state index contributed by atoms with van der Waals surface area (Å²) in [6, 6.07) is 0. The van der Waals surface area contributed by atoms with Gasteiger partial charge in [-0.05, 0) is 60.0 Å². The molecule has 19 heavy (non-hydrogen) atoms. The number of rotatable bonds is 8. The zero-order valence-electron chi connectivity index (χ0n) is 12.2. The molecule has 108 valence electrons. The number of carbonyl (C=O) groups is 1. The summed E-state index contributed by atoms with van der Waals surface area (Å²) in [7, 11) is 0. The van der Waals surface area contributed by atoms with E-state index in [2.05, 4.69) is 36.8 Å². The van der Waals surface area contributed by atoms with Crippen molar-refractivity contribution in [2.75, 3.05) is 6.54 Å². The fraction of sp³-hybridized carbons (Fsp3) is 0.667. The highest BCUT2D eigenvalue weighted by atomic mass is 32.1. The lowest BCUT2D eigenvalue weighted by Crippen LogP contribution is -2.24. The Bertz CT molecular complexity index is 387. The van der Waals surface area contributed by atoms with Gasteiger partial charge in [0, 0.05) is 13.0 Å². The molecule has 1 aromatic rings. The third-order valence-corrected chi connectivity index (χ3v) is 4.57. The Morgan fingerprint density at radius 3 is 2.63 bits per heavy atom. The number of aryl methyl sites for hydroxylation is 1. The van der Waals surface area contributed by atoms with Crippen molar-refractivity contribution in [3.8, 4) is 0 Å². The maximum atomic E-state index is 11.8. The first-order chi connectivity index (χ1) is 9.04. The van der Waals surface area contributed by atoms with E-state index >= 15 is 0 Å². The molecule has 0 aliphatic carbocycles. The van der Waals surface area contributed by atoms with Crippen molar-refractivity contribution >= 4 is 17.2 Å². The highest BCUT2D eigenvalue weighted by Gasteiger charge is 2.14. The summed E-state index contributed by atoms with van der Waals surface area (Å²) < 4.78 is 0. The van der Waals surface area contributed by atoms with Crippen molar-refractivity contribution in [1.29, 1.82) is 0 Å². The third-order valence-electron chi connectivity index (χ3n) is 3.66. The summed E-state index contributed by atoms with van der Waals surface area (Å²) >= 11 is 1.68. The topological polar surface area (TPSA) is 55.1 Å². The van der Waals surface area contributed by atoms with E-state index in [0.29, 0.717) is 31.3 Å². The zero-order chi connectivity index (χ0) is 14.3. The van der Waals surface area contributed by atoms with Gasteiger partial charge in [-0.25, -0.2) is 0 Å². The smallest absolute Gasteiger partial charge is 0.220 e. The van der Waals surface area contributed by atoms with Gasteiger partial charge in [-0.1, -0.05) is 13.8 Å². The molecule has 1 unspecified atom stereocenters. The molecule has 1 rings (SSSR count). The molecule has 0 aromatic carbocycles. The SMILES string of the molecule is Cc1cscc1CNC(=O)CCC(CCN)C(C)C. The van der Waals surface area contributed by atoms with Crippen LogP contribution in [-0.2, 0) is 11.3 Å². The van der Waals surface area contributed by atoms with Crippen LogP contribution in [0.5, 0.6) is 0 Å². The van der Waals surface area contributed by atoms with Crippen LogP contribution >= 0.6 is 11.3 Å². The van der Waals surface area contributed by atoms with Crippen molar-refractivity contribution in [3.63, 3.8) is 0 Å². The third kappa shape index (κ3) is 5.74. The number of amides is 1. The first-order valence-electron chi connectivity index (χ1n) is 7.03. The lowest BCUT2D eigenvalue weighted by molar-refractivity contribution is -0.121. The molecular weight excluding hydrogens is 256 g/mol. The average Bonchev–Trinajstić information content (AvgIpc) is 2.77. The van der Waals surface area contributed by atoms with Crippen LogP contribution < -0.4 is 11.1 Å². The molecule has 0 saturated carbocycles. The van der Waals surface area contributed by atoms with Gasteiger partial charge in [0.25, 0.3) is 0 Å². The monoisotopic (exact) mass is 282 g/mol. The summed E-state index contributed by atoms with van der Waals surface area (Å²) in [5.74, 6) is 1.29. The predicted octanol–water partition coefficient (Wildman–Crippen LogP) is 3.07. The lowest BCUT2D eigenvalue weighted by atomic mass is 9.88. The van der Waals surface area contributed by atoms with Gasteiger partial charge in [0.15, 0.2) is 0 Å². The second-order valence-corrected chi connectivity index (χ2v) is 6.22. The standard InChI is InChI=1S/C15H26N2OS/c1-11(2)13(6-7-16)4-5-15(18)17-8-14-10-19-9-12(14)3/h9-11,13H,4-8,16H2,1-3H3,(H,17,18). The van der Waals surface area contributed by atoms with Crippen LogP contribution in [0.2, 0.25) is 0 Å². The van der Waals surface area contributed by atoms with Gasteiger partial charge in [0.1, 0.15) is 0 Å². The minimum absolute atomic E-state index is 0.147. The van der Waals surface area contributed by atoms with Gasteiger partial charge in [0.05, 0.1) is 0 Å². The second-order valence-electron chi connectivity index (χ2n) is 5.48. The molecule has 0 aliphatic rings. The molecular formula is C15H26N2OS. The molecule has 1 atom stereocenters. The Balaban J connectivity index is 2.29. The molecule has 0 radical (unpaired) electrons. The van der Waals surface area contributed by atoms with Crippen LogP contribution in [0.4, 0.5) is 0 Å². The maximum absolute atomic E-state index is 11.8. The van der Waals surface area contributed by atoms with Crippen molar-refractivity contribution in [1.82, 2.24) is 5.32 Å². The second kappa shape index (κ2) is 8.33. The Morgan fingerprint density at radius 2 is 2.11 bits per heavy atom. The van der Waals surface area contributed by atoms with Gasteiger partial charge < -0.3 is 11.1 Å². The van der Waals surface area contributed by atoms with Crippen molar-refractivity contribution < 1.29 is 4.79 Å². The van der Waals surface area contributed by atoms with Crippen molar-refractivity contribution in [2.45, 2.75) is 46.6 Å². The number of hydrogen-bond acceptors (Lipinski definition) is 3. The number of nitrogens with two attached hydrogens (primary N) is 1. The molecule has 0 fully saturated rings. The predicted molar refractivity (Wildman–Crippen MR) is 82.1 cm³/mol. The highest BCUT2D eigenvalue weighted by Crippen LogP contribution is 2.20. The van der Waals surface area contributed by atoms with E-state index in [1.807, 2.05) is 0 Å². The van der Waals surface area contributed by atoms with Gasteiger partial charge in [-0.2, -0.15) is 11.3 Å². The van der Waals surface area contributed by atoms with Crippen LogP contribution in [-0.4, -0.2) is 12.5 Å². The molecule has 0 aliphatic heterocycles. The van der Waals surface area contributed by atoms with E-state index in [1.54, 1.807) is 11.3 Å². The molecule has 1 aromatic heterocycles. The van der Waals surface area contributed by atoms with Crippen LogP contribution in [0.3, 0.4) is 0 Å². The highest BCUT2D eigenvalue weighted by molar-refractivity contribution is 7.08. The molecule has 1 amide bonds. The van der Waals surface area contributed by atoms with Crippen LogP contribution in [0, 0.1) is 18.8 Å². The maximum Gasteiger partial charge on any atom is 0.220 e. The van der Waals surface area contributed by atoms with Gasteiger partial charge in [-0.15, -0.1) is 0 Å². The number of carbonyl (C=O) groups excluding carboxylic acids is 1. The first-order valence-corrected chi connectivity index (χ1v) is 7.97. The average molecular weight is 282 g/mol. The summed E-state index contributed by atoms with van der Waals surface area (Å²) in [6.45, 7) is 7.84. The fourth-order valence-corrected chi connectivity index (χ4v) is 3.05. The Kier molecular flexibility index (Phi) is 7.10. The van der Waals surface area contributed by atoms with E-state index in [4.69, 9.17) is 5.73 Å². The Morgan fingerprint density at radius 1 is 1.37 bits per heavy atom. The van der Waals surface area contributed by atoms with Crippen molar-refractivity contribution in [2.24, 2.45) is 17.6 Å². The molecule has 4 heteroatoms. The van der Waals surface area contributed by atoms with Gasteiger partial charge in [-0.3, -0.25) is 4.79 Å². The van der Waals surface area contributed by atoms with E-state index < -0.39 is 0 Å². The quantitative estimate of drug-likeness (QED) is 0.770. The van der Waals surface area contributed by atoms with E-state index in [1.165, 1.54) is 11.1 Å². The molecule has 0 bridgehead atoms. The first kappa shape index (κ1) is 16.2. The van der Waals surface area contributed by atoms with Crippen LogP contribution in [0.15, 0.2) is 10.8 Å². The molecule has 1 heterocycles. The largest absolute Gasteiger partial charge is 0.352 e. The molecule has 3 nitrogen and oxygen atoms in total. The number of nitrogens with one attached hydrogen (secondary N) is 1. The summed E-state index contributed by atoms with van der Waals surface area (Å²) in [6.07, 6.45) is 2.55. The van der Waals surface area contributed by atoms with E-state index in [0.717, 1.165) is 12.8 Å². The van der Waals surface area contributed by atoms with Crippen molar-refractivity contribution in [3.05, 3.63) is 21.9 Å². The van der Waals surface area contributed by atoms with Gasteiger partial charge >= 0.3 is 0 Å². The van der Waals surface area contributed by atoms with Crippen LogP contribution in [0.1, 0.15) is 44.2 Å². The summed E-state index contributed by atoms with van der Waals surface area (Å²) in [5.41, 5.74) is 8.09. The van der Waals surface area contributed by atoms with E-state index in [9.17, 15) is 4.79 Å². The lowest BCUT2D eigenvalue weighted by Gasteiger charge is -2.19. The number of hydrogen-bond donors (Lipinski definition) is 2. The summed E-state index contributed by atoms with van der Waals surface area (Å²) in [4.78, 5) is 11.8. The van der Waals surface area contributed by atoms with E-state index in [-0.39, 0.29) is 5.91 Å². The minimum atomic E-state index is 0.147. The Hall–Kier alpha value is -0.870. The molecule has 0 spiro atoms. The Labute approximate surface area is 120 Å².